The average molecular weight is 244 g/mol. The number of carbonyl (C=O) groups is 1. The van der Waals surface area contributed by atoms with Crippen LogP contribution in [0, 0.1) is 5.92 Å². The molecule has 2 nitrogen and oxygen atoms in total. The largest absolute Gasteiger partial charge is 0.465 e. The highest BCUT2D eigenvalue weighted by Crippen LogP contribution is 2.29. The molecule has 0 N–H and O–H groups in total. The van der Waals surface area contributed by atoms with Gasteiger partial charge in [0.2, 0.25) is 0 Å². The van der Waals surface area contributed by atoms with Crippen molar-refractivity contribution < 1.29 is 9.53 Å². The molecule has 0 saturated heterocycles. The van der Waals surface area contributed by atoms with Crippen LogP contribution in [0.15, 0.2) is 29.8 Å². The number of carbonyl (C=O) groups excluding carboxylic acids is 1. The van der Waals surface area contributed by atoms with Gasteiger partial charge in [0, 0.05) is 0 Å². The van der Waals surface area contributed by atoms with Crippen LogP contribution in [0.25, 0.3) is 6.08 Å². The van der Waals surface area contributed by atoms with E-state index in [0.29, 0.717) is 5.56 Å². The molecule has 0 aromatic heterocycles. The molecular formula is C16H20O2. The summed E-state index contributed by atoms with van der Waals surface area (Å²) in [6.07, 6.45) is 7.15. The zero-order valence-corrected chi connectivity index (χ0v) is 11.1. The summed E-state index contributed by atoms with van der Waals surface area (Å²) in [6, 6.07) is 7.63. The number of allylic oxidation sites excluding steroid dienone is 1. The average Bonchev–Trinajstić information content (AvgIpc) is 2.41. The maximum absolute atomic E-state index is 11.5. The molecule has 0 heterocycles. The Balaban J connectivity index is 2.14. The Labute approximate surface area is 109 Å². The van der Waals surface area contributed by atoms with E-state index in [1.54, 1.807) is 6.07 Å². The van der Waals surface area contributed by atoms with Gasteiger partial charge in [0.05, 0.1) is 12.7 Å². The highest BCUT2D eigenvalue weighted by atomic mass is 16.5. The van der Waals surface area contributed by atoms with Crippen molar-refractivity contribution in [2.24, 2.45) is 5.92 Å². The molecular weight excluding hydrogens is 224 g/mol. The molecule has 0 radical (unpaired) electrons. The van der Waals surface area contributed by atoms with Crippen LogP contribution in [0.4, 0.5) is 0 Å². The lowest BCUT2D eigenvalue weighted by atomic mass is 9.86. The summed E-state index contributed by atoms with van der Waals surface area (Å²) in [6.45, 7) is 2.31. The van der Waals surface area contributed by atoms with Gasteiger partial charge in [0.25, 0.3) is 0 Å². The second-order valence-corrected chi connectivity index (χ2v) is 5.10. The van der Waals surface area contributed by atoms with Gasteiger partial charge in [-0.2, -0.15) is 0 Å². The summed E-state index contributed by atoms with van der Waals surface area (Å²) >= 11 is 0. The zero-order chi connectivity index (χ0) is 13.0. The zero-order valence-electron chi connectivity index (χ0n) is 11.1. The summed E-state index contributed by atoms with van der Waals surface area (Å²) < 4.78 is 4.74. The minimum absolute atomic E-state index is 0.271. The van der Waals surface area contributed by atoms with E-state index in [4.69, 9.17) is 4.74 Å². The SMILES string of the molecule is COC(=O)c1cccc(C=C2CCC(C)CC2)c1. The highest BCUT2D eigenvalue weighted by molar-refractivity contribution is 5.90. The fourth-order valence-electron chi connectivity index (χ4n) is 2.39. The molecule has 1 aliphatic rings. The highest BCUT2D eigenvalue weighted by Gasteiger charge is 2.12. The van der Waals surface area contributed by atoms with Gasteiger partial charge in [0.15, 0.2) is 0 Å². The van der Waals surface area contributed by atoms with E-state index in [1.807, 2.05) is 18.2 Å². The van der Waals surface area contributed by atoms with Crippen molar-refractivity contribution in [1.82, 2.24) is 0 Å². The van der Waals surface area contributed by atoms with E-state index in [1.165, 1.54) is 38.4 Å². The number of rotatable bonds is 2. The van der Waals surface area contributed by atoms with Crippen LogP contribution in [-0.4, -0.2) is 13.1 Å². The maximum atomic E-state index is 11.5. The Morgan fingerprint density at radius 3 is 2.72 bits per heavy atom. The van der Waals surface area contributed by atoms with E-state index < -0.39 is 0 Å². The monoisotopic (exact) mass is 244 g/mol. The fraction of sp³-hybridized carbons (Fsp3) is 0.438. The molecule has 1 aromatic carbocycles. The first kappa shape index (κ1) is 12.9. The Bertz CT molecular complexity index is 450. The smallest absolute Gasteiger partial charge is 0.337 e. The van der Waals surface area contributed by atoms with Crippen molar-refractivity contribution in [1.29, 1.82) is 0 Å². The normalized spacial score (nSPS) is 19.4. The van der Waals surface area contributed by atoms with Crippen LogP contribution in [0.5, 0.6) is 0 Å². The van der Waals surface area contributed by atoms with Crippen molar-refractivity contribution >= 4 is 12.0 Å². The van der Waals surface area contributed by atoms with Crippen LogP contribution >= 0.6 is 0 Å². The molecule has 0 atom stereocenters. The number of esters is 1. The lowest BCUT2D eigenvalue weighted by Crippen LogP contribution is -2.04. The third kappa shape index (κ3) is 3.22. The van der Waals surface area contributed by atoms with Gasteiger partial charge < -0.3 is 4.74 Å². The minimum atomic E-state index is -0.271. The second kappa shape index (κ2) is 5.85. The van der Waals surface area contributed by atoms with Gasteiger partial charge in [-0.1, -0.05) is 30.7 Å². The third-order valence-electron chi connectivity index (χ3n) is 3.60. The molecule has 0 bridgehead atoms. The summed E-state index contributed by atoms with van der Waals surface area (Å²) in [7, 11) is 1.41. The molecule has 96 valence electrons. The van der Waals surface area contributed by atoms with Gasteiger partial charge in [0.1, 0.15) is 0 Å². The first-order chi connectivity index (χ1) is 8.69. The number of hydrogen-bond acceptors (Lipinski definition) is 2. The Morgan fingerprint density at radius 2 is 2.06 bits per heavy atom. The topological polar surface area (TPSA) is 26.3 Å². The molecule has 1 fully saturated rings. The standard InChI is InChI=1S/C16H20O2/c1-12-6-8-13(9-7-12)10-14-4-3-5-15(11-14)16(17)18-2/h3-5,10-12H,6-9H2,1-2H3. The lowest BCUT2D eigenvalue weighted by molar-refractivity contribution is 0.0600. The maximum Gasteiger partial charge on any atom is 0.337 e. The minimum Gasteiger partial charge on any atom is -0.465 e. The number of methoxy groups -OCH3 is 1. The Hall–Kier alpha value is -1.57. The summed E-state index contributed by atoms with van der Waals surface area (Å²) in [4.78, 5) is 11.5. The summed E-state index contributed by atoms with van der Waals surface area (Å²) in [5, 5.41) is 0. The fourth-order valence-corrected chi connectivity index (χ4v) is 2.39. The third-order valence-corrected chi connectivity index (χ3v) is 3.60. The molecule has 0 unspecified atom stereocenters. The molecule has 2 rings (SSSR count). The molecule has 0 amide bonds. The number of ether oxygens (including phenoxy) is 1. The van der Waals surface area contributed by atoms with Crippen molar-refractivity contribution in [3.63, 3.8) is 0 Å². The van der Waals surface area contributed by atoms with E-state index in [9.17, 15) is 4.79 Å². The number of hydrogen-bond donors (Lipinski definition) is 0. The van der Waals surface area contributed by atoms with E-state index in [-0.39, 0.29) is 5.97 Å². The predicted octanol–water partition coefficient (Wildman–Crippen LogP) is 4.07. The first-order valence-corrected chi connectivity index (χ1v) is 6.57. The Morgan fingerprint density at radius 1 is 1.33 bits per heavy atom. The molecule has 1 saturated carbocycles. The van der Waals surface area contributed by atoms with Crippen LogP contribution in [0.2, 0.25) is 0 Å². The van der Waals surface area contributed by atoms with Crippen molar-refractivity contribution in [3.8, 4) is 0 Å². The lowest BCUT2D eigenvalue weighted by Gasteiger charge is -2.20. The van der Waals surface area contributed by atoms with Crippen LogP contribution in [0.1, 0.15) is 48.5 Å². The predicted molar refractivity (Wildman–Crippen MR) is 73.4 cm³/mol. The van der Waals surface area contributed by atoms with Gasteiger partial charge >= 0.3 is 5.97 Å². The van der Waals surface area contributed by atoms with E-state index in [2.05, 4.69) is 13.0 Å². The second-order valence-electron chi connectivity index (χ2n) is 5.10. The first-order valence-electron chi connectivity index (χ1n) is 6.57. The van der Waals surface area contributed by atoms with Crippen molar-refractivity contribution in [2.45, 2.75) is 32.6 Å². The van der Waals surface area contributed by atoms with Crippen LogP contribution < -0.4 is 0 Å². The van der Waals surface area contributed by atoms with Crippen LogP contribution in [0.3, 0.4) is 0 Å². The van der Waals surface area contributed by atoms with Gasteiger partial charge in [-0.3, -0.25) is 0 Å². The van der Waals surface area contributed by atoms with Gasteiger partial charge in [-0.25, -0.2) is 4.79 Å². The van der Waals surface area contributed by atoms with E-state index >= 15 is 0 Å². The van der Waals surface area contributed by atoms with Crippen LogP contribution in [-0.2, 0) is 4.74 Å². The van der Waals surface area contributed by atoms with Crippen molar-refractivity contribution in [3.05, 3.63) is 41.0 Å². The summed E-state index contributed by atoms with van der Waals surface area (Å²) in [5.41, 5.74) is 3.22. The molecule has 1 aliphatic carbocycles. The van der Waals surface area contributed by atoms with Crippen molar-refractivity contribution in [2.75, 3.05) is 7.11 Å². The van der Waals surface area contributed by atoms with Gasteiger partial charge in [-0.05, 0) is 49.3 Å². The quantitative estimate of drug-likeness (QED) is 0.733. The molecule has 0 aliphatic heterocycles. The number of benzene rings is 1. The Kier molecular flexibility index (Phi) is 4.19. The molecule has 2 heteroatoms. The molecule has 0 spiro atoms. The molecule has 18 heavy (non-hydrogen) atoms. The summed E-state index contributed by atoms with van der Waals surface area (Å²) in [5.74, 6) is 0.580. The van der Waals surface area contributed by atoms with E-state index in [0.717, 1.165) is 11.5 Å². The van der Waals surface area contributed by atoms with Gasteiger partial charge in [-0.15, -0.1) is 0 Å². The molecule has 1 aromatic rings.